The maximum Gasteiger partial charge on any atom is 0.266 e. The Labute approximate surface area is 177 Å². The second kappa shape index (κ2) is 7.77. The summed E-state index contributed by atoms with van der Waals surface area (Å²) in [6.07, 6.45) is 3.87. The van der Waals surface area contributed by atoms with Crippen molar-refractivity contribution in [1.29, 1.82) is 5.26 Å². The number of fused-ring (bicyclic) bond motifs is 1. The van der Waals surface area contributed by atoms with Crippen LogP contribution in [0.4, 0.5) is 11.4 Å². The van der Waals surface area contributed by atoms with Crippen LogP contribution in [0, 0.1) is 18.3 Å². The largest absolute Gasteiger partial charge is 0.365 e. The number of carbonyl (C=O) groups excluding carboxylic acids is 1. The number of hydrogen-bond acceptors (Lipinski definition) is 3. The molecular weight excluding hydrogens is 382 g/mol. The average molecular weight is 406 g/mol. The monoisotopic (exact) mass is 405 g/mol. The third-order valence-corrected chi connectivity index (χ3v) is 5.59. The fourth-order valence-electron chi connectivity index (χ4n) is 3.54. The predicted molar refractivity (Wildman–Crippen MR) is 121 cm³/mol. The van der Waals surface area contributed by atoms with E-state index < -0.39 is 5.91 Å². The molecule has 1 N–H and O–H groups in total. The molecule has 2 aromatic carbocycles. The molecule has 0 unspecified atom stereocenters. The highest BCUT2D eigenvalue weighted by molar-refractivity contribution is 6.31. The number of likely N-dealkylation sites (N-methyl/N-ethyl adjacent to an activating group) is 1. The zero-order valence-electron chi connectivity index (χ0n) is 17.3. The van der Waals surface area contributed by atoms with Crippen molar-refractivity contribution in [3.8, 4) is 6.07 Å². The summed E-state index contributed by atoms with van der Waals surface area (Å²) in [6.45, 7) is 8.44. The normalized spacial score (nSPS) is 15.3. The fourth-order valence-corrected chi connectivity index (χ4v) is 3.73. The Morgan fingerprint density at radius 3 is 2.62 bits per heavy atom. The standard InChI is InChI=1S/C24H24ClN3O/c1-15-9-22-21(16(2)13-24(3,4)28(22)5)11-17(15)10-18(14-26)23(29)27-20-8-6-7-19(25)12-20/h6-13H,1-5H3,(H,27,29)/b18-10-. The number of aryl methyl sites for hydroxylation is 1. The Balaban J connectivity index is 1.98. The van der Waals surface area contributed by atoms with Gasteiger partial charge in [0.2, 0.25) is 0 Å². The number of rotatable bonds is 3. The summed E-state index contributed by atoms with van der Waals surface area (Å²) in [5, 5.41) is 12.8. The van der Waals surface area contributed by atoms with Gasteiger partial charge in [-0.1, -0.05) is 23.7 Å². The minimum Gasteiger partial charge on any atom is -0.365 e. The minimum atomic E-state index is -0.461. The van der Waals surface area contributed by atoms with Crippen molar-refractivity contribution in [3.05, 3.63) is 69.8 Å². The second-order valence-electron chi connectivity index (χ2n) is 7.90. The fraction of sp³-hybridized carbons (Fsp3) is 0.250. The first-order valence-corrected chi connectivity index (χ1v) is 9.77. The summed E-state index contributed by atoms with van der Waals surface area (Å²) >= 11 is 5.97. The minimum absolute atomic E-state index is 0.0409. The highest BCUT2D eigenvalue weighted by atomic mass is 35.5. The molecule has 0 aliphatic carbocycles. The zero-order chi connectivity index (χ0) is 21.3. The quantitative estimate of drug-likeness (QED) is 0.516. The third-order valence-electron chi connectivity index (χ3n) is 5.35. The van der Waals surface area contributed by atoms with Gasteiger partial charge in [-0.15, -0.1) is 0 Å². The molecular formula is C24H24ClN3O. The molecule has 0 aromatic heterocycles. The summed E-state index contributed by atoms with van der Waals surface area (Å²) < 4.78 is 0. The Morgan fingerprint density at radius 1 is 1.24 bits per heavy atom. The van der Waals surface area contributed by atoms with Crippen molar-refractivity contribution in [1.82, 2.24) is 0 Å². The number of amides is 1. The van der Waals surface area contributed by atoms with Crippen molar-refractivity contribution in [2.24, 2.45) is 0 Å². The number of nitrogens with zero attached hydrogens (tertiary/aromatic N) is 2. The van der Waals surface area contributed by atoms with Gasteiger partial charge in [0.15, 0.2) is 0 Å². The number of anilines is 2. The molecule has 1 aliphatic rings. The number of hydrogen-bond donors (Lipinski definition) is 1. The van der Waals surface area contributed by atoms with Gasteiger partial charge in [0.1, 0.15) is 11.6 Å². The molecule has 0 saturated carbocycles. The van der Waals surface area contributed by atoms with E-state index >= 15 is 0 Å². The summed E-state index contributed by atoms with van der Waals surface area (Å²) in [5.74, 6) is -0.461. The van der Waals surface area contributed by atoms with Crippen LogP contribution >= 0.6 is 11.6 Å². The highest BCUT2D eigenvalue weighted by Crippen LogP contribution is 2.39. The first-order chi connectivity index (χ1) is 13.6. The van der Waals surface area contributed by atoms with E-state index in [9.17, 15) is 10.1 Å². The van der Waals surface area contributed by atoms with E-state index in [1.807, 2.05) is 19.1 Å². The summed E-state index contributed by atoms with van der Waals surface area (Å²) in [4.78, 5) is 14.8. The molecule has 148 valence electrons. The van der Waals surface area contributed by atoms with Crippen LogP contribution < -0.4 is 10.2 Å². The number of nitrogens with one attached hydrogen (secondary N) is 1. The lowest BCUT2D eigenvalue weighted by atomic mass is 9.87. The number of halogens is 1. The van der Waals surface area contributed by atoms with E-state index in [2.05, 4.69) is 50.2 Å². The number of benzene rings is 2. The lowest BCUT2D eigenvalue weighted by Gasteiger charge is -2.41. The Bertz CT molecular complexity index is 1090. The van der Waals surface area contributed by atoms with Gasteiger partial charge in [0.05, 0.1) is 5.54 Å². The molecule has 29 heavy (non-hydrogen) atoms. The van der Waals surface area contributed by atoms with Crippen LogP contribution in [0.5, 0.6) is 0 Å². The highest BCUT2D eigenvalue weighted by Gasteiger charge is 2.28. The molecule has 0 spiro atoms. The topological polar surface area (TPSA) is 56.1 Å². The molecule has 2 aromatic rings. The van der Waals surface area contributed by atoms with Gasteiger partial charge < -0.3 is 10.2 Å². The second-order valence-corrected chi connectivity index (χ2v) is 8.34. The van der Waals surface area contributed by atoms with Gasteiger partial charge in [0.25, 0.3) is 5.91 Å². The van der Waals surface area contributed by atoms with Crippen LogP contribution in [0.15, 0.2) is 48.0 Å². The first kappa shape index (κ1) is 20.7. The SMILES string of the molecule is CC1=CC(C)(C)N(C)c2cc(C)c(/C=C(/C#N)C(=O)Nc3cccc(Cl)c3)cc21. The Morgan fingerprint density at radius 2 is 1.97 bits per heavy atom. The van der Waals surface area contributed by atoms with Crippen LogP contribution in [-0.4, -0.2) is 18.5 Å². The van der Waals surface area contributed by atoms with Gasteiger partial charge in [0, 0.05) is 29.0 Å². The third kappa shape index (κ3) is 4.21. The van der Waals surface area contributed by atoms with Crippen molar-refractivity contribution >= 4 is 40.5 Å². The molecule has 5 heteroatoms. The van der Waals surface area contributed by atoms with E-state index in [4.69, 9.17) is 11.6 Å². The number of carbonyl (C=O) groups is 1. The zero-order valence-corrected chi connectivity index (χ0v) is 18.1. The van der Waals surface area contributed by atoms with Gasteiger partial charge in [-0.05, 0) is 80.8 Å². The van der Waals surface area contributed by atoms with Crippen molar-refractivity contribution < 1.29 is 4.79 Å². The van der Waals surface area contributed by atoms with E-state index in [0.717, 1.165) is 22.4 Å². The molecule has 0 atom stereocenters. The van der Waals surface area contributed by atoms with E-state index in [1.54, 1.807) is 30.3 Å². The molecule has 0 bridgehead atoms. The maximum absolute atomic E-state index is 12.6. The van der Waals surface area contributed by atoms with E-state index in [0.29, 0.717) is 10.7 Å². The Hall–Kier alpha value is -3.03. The Kier molecular flexibility index (Phi) is 5.55. The molecule has 4 nitrogen and oxygen atoms in total. The van der Waals surface area contributed by atoms with Crippen LogP contribution in [-0.2, 0) is 4.79 Å². The molecule has 0 saturated heterocycles. The van der Waals surface area contributed by atoms with Crippen molar-refractivity contribution in [2.75, 3.05) is 17.3 Å². The van der Waals surface area contributed by atoms with Gasteiger partial charge in [-0.2, -0.15) is 5.26 Å². The van der Waals surface area contributed by atoms with Gasteiger partial charge in [-0.3, -0.25) is 4.79 Å². The number of nitriles is 1. The maximum atomic E-state index is 12.6. The first-order valence-electron chi connectivity index (χ1n) is 9.39. The molecule has 0 fully saturated rings. The van der Waals surface area contributed by atoms with Crippen LogP contribution in [0.25, 0.3) is 11.6 Å². The van der Waals surface area contributed by atoms with Crippen molar-refractivity contribution in [2.45, 2.75) is 33.2 Å². The van der Waals surface area contributed by atoms with E-state index in [-0.39, 0.29) is 11.1 Å². The van der Waals surface area contributed by atoms with E-state index in [1.165, 1.54) is 5.57 Å². The summed E-state index contributed by atoms with van der Waals surface area (Å²) in [5.41, 5.74) is 5.80. The summed E-state index contributed by atoms with van der Waals surface area (Å²) in [7, 11) is 2.08. The average Bonchev–Trinajstić information content (AvgIpc) is 2.64. The van der Waals surface area contributed by atoms with Gasteiger partial charge >= 0.3 is 0 Å². The summed E-state index contributed by atoms with van der Waals surface area (Å²) in [6, 6.07) is 13.0. The predicted octanol–water partition coefficient (Wildman–Crippen LogP) is 5.83. The van der Waals surface area contributed by atoms with Crippen LogP contribution in [0.1, 0.15) is 37.5 Å². The molecule has 1 aliphatic heterocycles. The molecule has 0 radical (unpaired) electrons. The molecule has 1 heterocycles. The molecule has 1 amide bonds. The smallest absolute Gasteiger partial charge is 0.266 e. The van der Waals surface area contributed by atoms with Crippen molar-refractivity contribution in [3.63, 3.8) is 0 Å². The van der Waals surface area contributed by atoms with Crippen LogP contribution in [0.2, 0.25) is 5.02 Å². The lowest BCUT2D eigenvalue weighted by Crippen LogP contribution is -2.42. The lowest BCUT2D eigenvalue weighted by molar-refractivity contribution is -0.112. The molecule has 3 rings (SSSR count). The number of allylic oxidation sites excluding steroid dienone is 1. The van der Waals surface area contributed by atoms with Crippen LogP contribution in [0.3, 0.4) is 0 Å². The van der Waals surface area contributed by atoms with Gasteiger partial charge in [-0.25, -0.2) is 0 Å².